The fraction of sp³-hybridized carbons (Fsp3) is 0.400. The molecule has 4 amide bonds. The van der Waals surface area contributed by atoms with Crippen LogP contribution >= 0.6 is 0 Å². The molecule has 1 aromatic heterocycles. The molecule has 0 spiro atoms. The second kappa shape index (κ2) is 19.9. The number of nitrogens with zero attached hydrogens (tertiary/aromatic N) is 8. The van der Waals surface area contributed by atoms with Gasteiger partial charge in [0.15, 0.2) is 12.4 Å². The number of urea groups is 1. The van der Waals surface area contributed by atoms with Crippen LogP contribution in [0.1, 0.15) is 30.3 Å². The van der Waals surface area contributed by atoms with E-state index in [1.54, 1.807) is 24.3 Å². The molecule has 15 heteroatoms. The number of imide groups is 1. The smallest absolute Gasteiger partial charge is 0.328 e. The molecule has 4 aromatic rings. The average molecular weight is 817 g/mol. The number of hydrogen-bond donors (Lipinski definition) is 3. The molecule has 3 aromatic carbocycles. The molecule has 3 aliphatic rings. The summed E-state index contributed by atoms with van der Waals surface area (Å²) in [5.74, 6) is 1.58. The predicted octanol–water partition coefficient (Wildman–Crippen LogP) is 3.10. The van der Waals surface area contributed by atoms with Crippen LogP contribution in [0.15, 0.2) is 90.6 Å². The van der Waals surface area contributed by atoms with Crippen molar-refractivity contribution >= 4 is 34.9 Å². The number of nitrogens with one attached hydrogen (secondary N) is 1. The zero-order valence-electron chi connectivity index (χ0n) is 34.6. The topological polar surface area (TPSA) is 164 Å². The minimum Gasteiger partial charge on any atom is -0.484 e. The van der Waals surface area contributed by atoms with Crippen molar-refractivity contribution in [2.24, 2.45) is 5.73 Å². The highest BCUT2D eigenvalue weighted by molar-refractivity contribution is 6.05. The number of hydrogen-bond acceptors (Lipinski definition) is 12. The quantitative estimate of drug-likeness (QED) is 0.161. The number of amides is 4. The van der Waals surface area contributed by atoms with Gasteiger partial charge in [-0.15, -0.1) is 0 Å². The Bertz CT molecular complexity index is 2150. The predicted molar refractivity (Wildman–Crippen MR) is 232 cm³/mol. The van der Waals surface area contributed by atoms with Crippen LogP contribution in [0.4, 0.5) is 16.3 Å². The number of aliphatic hydroxyl groups excluding tert-OH is 1. The van der Waals surface area contributed by atoms with E-state index in [1.807, 2.05) is 42.2 Å². The Balaban J connectivity index is 0.934. The van der Waals surface area contributed by atoms with Crippen LogP contribution in [0.5, 0.6) is 5.75 Å². The minimum absolute atomic E-state index is 0.0800. The van der Waals surface area contributed by atoms with E-state index in [0.29, 0.717) is 49.1 Å². The van der Waals surface area contributed by atoms with Crippen molar-refractivity contribution in [2.75, 3.05) is 109 Å². The summed E-state index contributed by atoms with van der Waals surface area (Å²) in [4.78, 5) is 59.7. The summed E-state index contributed by atoms with van der Waals surface area (Å²) < 4.78 is 5.84. The molecule has 15 nitrogen and oxygen atoms in total. The van der Waals surface area contributed by atoms with Gasteiger partial charge in [-0.2, -0.15) is 0 Å². The molecule has 7 rings (SSSR count). The lowest BCUT2D eigenvalue weighted by atomic mass is 10.0. The number of aromatic nitrogens is 2. The molecule has 4 heterocycles. The molecule has 4 N–H and O–H groups in total. The standard InChI is InChI=1S/C45H56N10O5/c1-33(46)43(35-9-4-3-5-10-35)44-47-39(30-40(48-44)53-22-18-51(19-23-53)26-27-56)36-11-6-8-34(28-36)14-16-50(2)32-52-20-24-54(25-21-52)42(58)31-60-38-13-7-12-37(29-38)55-17-15-41(57)49-45(55)59/h3-13,28-30,56H,14-27,31-32,46H2,1-2H3,(H,49,57,59)/b43-33-. The number of carbonyl (C=O) groups is 3. The van der Waals surface area contributed by atoms with Crippen LogP contribution in [-0.4, -0.2) is 151 Å². The molecular formula is C45H56N10O5. The van der Waals surface area contributed by atoms with Crippen molar-refractivity contribution < 1.29 is 24.2 Å². The third-order valence-corrected chi connectivity index (χ3v) is 11.2. The highest BCUT2D eigenvalue weighted by Gasteiger charge is 2.26. The minimum atomic E-state index is -0.463. The number of aliphatic hydroxyl groups is 1. The molecule has 0 atom stereocenters. The summed E-state index contributed by atoms with van der Waals surface area (Å²) in [6.45, 7) is 10.6. The number of nitrogens with two attached hydrogens (primary N) is 1. The summed E-state index contributed by atoms with van der Waals surface area (Å²) in [5, 5.41) is 11.8. The zero-order chi connectivity index (χ0) is 42.0. The Morgan fingerprint density at radius 3 is 2.35 bits per heavy atom. The van der Waals surface area contributed by atoms with Crippen molar-refractivity contribution in [3.63, 3.8) is 0 Å². The molecular weight excluding hydrogens is 761 g/mol. The van der Waals surface area contributed by atoms with E-state index in [0.717, 1.165) is 87.1 Å². The van der Waals surface area contributed by atoms with E-state index in [-0.39, 0.29) is 31.4 Å². The third kappa shape index (κ3) is 10.8. The Hall–Kier alpha value is -5.87. The summed E-state index contributed by atoms with van der Waals surface area (Å²) >= 11 is 0. The number of anilines is 2. The lowest BCUT2D eigenvalue weighted by Crippen LogP contribution is -2.52. The Kier molecular flexibility index (Phi) is 14.0. The van der Waals surface area contributed by atoms with E-state index < -0.39 is 6.03 Å². The maximum absolute atomic E-state index is 13.1. The van der Waals surface area contributed by atoms with Gasteiger partial charge in [-0.05, 0) is 49.7 Å². The summed E-state index contributed by atoms with van der Waals surface area (Å²) in [6, 6.07) is 27.3. The normalized spacial score (nSPS) is 17.2. The second-order valence-electron chi connectivity index (χ2n) is 15.6. The van der Waals surface area contributed by atoms with Gasteiger partial charge < -0.3 is 25.4 Å². The van der Waals surface area contributed by atoms with Crippen molar-refractivity contribution in [3.05, 3.63) is 108 Å². The van der Waals surface area contributed by atoms with Gasteiger partial charge in [-0.1, -0.05) is 54.6 Å². The van der Waals surface area contributed by atoms with Crippen LogP contribution in [0.2, 0.25) is 0 Å². The van der Waals surface area contributed by atoms with Crippen LogP contribution in [0.3, 0.4) is 0 Å². The largest absolute Gasteiger partial charge is 0.484 e. The molecule has 0 bridgehead atoms. The number of carbonyl (C=O) groups excluding carboxylic acids is 3. The number of β-amino-alcohol motifs (C(OH)–C–C–N with tert-alkyl or cyclic N) is 1. The second-order valence-corrected chi connectivity index (χ2v) is 15.6. The van der Waals surface area contributed by atoms with Gasteiger partial charge in [0, 0.05) is 113 Å². The molecule has 0 unspecified atom stereocenters. The number of ether oxygens (including phenoxy) is 1. The number of likely N-dealkylation sites (N-methyl/N-ethyl adjacent to an activating group) is 1. The van der Waals surface area contributed by atoms with E-state index in [1.165, 1.54) is 10.5 Å². The number of piperazine rings is 2. The first kappa shape index (κ1) is 42.3. The summed E-state index contributed by atoms with van der Waals surface area (Å²) in [7, 11) is 2.13. The molecule has 0 radical (unpaired) electrons. The Morgan fingerprint density at radius 1 is 0.867 bits per heavy atom. The van der Waals surface area contributed by atoms with Crippen molar-refractivity contribution in [1.29, 1.82) is 0 Å². The first-order valence-corrected chi connectivity index (χ1v) is 20.7. The zero-order valence-corrected chi connectivity index (χ0v) is 34.6. The fourth-order valence-corrected chi connectivity index (χ4v) is 7.88. The van der Waals surface area contributed by atoms with E-state index in [9.17, 15) is 19.5 Å². The van der Waals surface area contributed by atoms with Gasteiger partial charge in [0.25, 0.3) is 5.91 Å². The summed E-state index contributed by atoms with van der Waals surface area (Å²) in [6.07, 6.45) is 1.09. The molecule has 3 saturated heterocycles. The molecule has 0 aliphatic carbocycles. The van der Waals surface area contributed by atoms with E-state index >= 15 is 0 Å². The lowest BCUT2D eigenvalue weighted by Gasteiger charge is -2.36. The van der Waals surface area contributed by atoms with Gasteiger partial charge in [-0.25, -0.2) is 14.8 Å². The van der Waals surface area contributed by atoms with E-state index in [2.05, 4.69) is 62.3 Å². The molecule has 60 heavy (non-hydrogen) atoms. The van der Waals surface area contributed by atoms with Crippen molar-refractivity contribution in [3.8, 4) is 17.0 Å². The SMILES string of the molecule is C/C(N)=C(\c1ccccc1)c1nc(-c2cccc(CCN(C)CN3CCN(C(=O)COc4cccc(N5CCC(=O)NC5=O)c4)CC3)c2)cc(N2CCN(CCO)CC2)n1. The monoisotopic (exact) mass is 816 g/mol. The van der Waals surface area contributed by atoms with Crippen molar-refractivity contribution in [1.82, 2.24) is 34.9 Å². The lowest BCUT2D eigenvalue weighted by molar-refractivity contribution is -0.135. The van der Waals surface area contributed by atoms with Gasteiger partial charge >= 0.3 is 6.03 Å². The van der Waals surface area contributed by atoms with Gasteiger partial charge in [0.05, 0.1) is 19.0 Å². The summed E-state index contributed by atoms with van der Waals surface area (Å²) in [5.41, 5.74) is 12.6. The average Bonchev–Trinajstić information content (AvgIpc) is 3.26. The maximum Gasteiger partial charge on any atom is 0.328 e. The fourth-order valence-electron chi connectivity index (χ4n) is 7.88. The van der Waals surface area contributed by atoms with Crippen LogP contribution in [0, 0.1) is 0 Å². The molecule has 0 saturated carbocycles. The van der Waals surface area contributed by atoms with Gasteiger partial charge in [-0.3, -0.25) is 34.5 Å². The van der Waals surface area contributed by atoms with Crippen LogP contribution < -0.4 is 25.6 Å². The molecule has 3 fully saturated rings. The highest BCUT2D eigenvalue weighted by atomic mass is 16.5. The highest BCUT2D eigenvalue weighted by Crippen LogP contribution is 2.30. The Morgan fingerprint density at radius 2 is 1.62 bits per heavy atom. The Labute approximate surface area is 352 Å². The third-order valence-electron chi connectivity index (χ3n) is 11.2. The number of rotatable bonds is 15. The molecule has 316 valence electrons. The van der Waals surface area contributed by atoms with Crippen LogP contribution in [-0.2, 0) is 16.0 Å². The van der Waals surface area contributed by atoms with Gasteiger partial charge in [0.1, 0.15) is 11.6 Å². The number of allylic oxidation sites excluding steroid dienone is 1. The molecule has 3 aliphatic heterocycles. The first-order chi connectivity index (χ1) is 29.1. The maximum atomic E-state index is 13.1. The van der Waals surface area contributed by atoms with Crippen molar-refractivity contribution in [2.45, 2.75) is 19.8 Å². The number of benzene rings is 3. The van der Waals surface area contributed by atoms with Crippen LogP contribution in [0.25, 0.3) is 16.8 Å². The van der Waals surface area contributed by atoms with Gasteiger partial charge in [0.2, 0.25) is 5.91 Å². The first-order valence-electron chi connectivity index (χ1n) is 20.7. The van der Waals surface area contributed by atoms with E-state index in [4.69, 9.17) is 20.4 Å².